The fraction of sp³-hybridized carbons (Fsp3) is 0.158. The Morgan fingerprint density at radius 2 is 1.86 bits per heavy atom. The summed E-state index contributed by atoms with van der Waals surface area (Å²) in [4.78, 5) is 0. The van der Waals surface area contributed by atoms with Crippen LogP contribution in [0.15, 0.2) is 59.7 Å². The van der Waals surface area contributed by atoms with Gasteiger partial charge < -0.3 is 9.47 Å². The van der Waals surface area contributed by atoms with E-state index in [1.165, 1.54) is 11.1 Å². The molecular weight excluding hydrogens is 260 g/mol. The van der Waals surface area contributed by atoms with Gasteiger partial charge in [-0.05, 0) is 47.9 Å². The summed E-state index contributed by atoms with van der Waals surface area (Å²) in [5.41, 5.74) is 4.73. The second-order valence-corrected chi connectivity index (χ2v) is 5.10. The van der Waals surface area contributed by atoms with Gasteiger partial charge in [0.05, 0.1) is 7.11 Å². The number of fused-ring (bicyclic) bond motifs is 1. The number of ether oxygens (including phenoxy) is 2. The van der Waals surface area contributed by atoms with E-state index < -0.39 is 0 Å². The number of hydrogen-bond donors (Lipinski definition) is 0. The van der Waals surface area contributed by atoms with Gasteiger partial charge in [-0.2, -0.15) is 0 Å². The Labute approximate surface area is 125 Å². The van der Waals surface area contributed by atoms with Crippen LogP contribution >= 0.6 is 0 Å². The Morgan fingerprint density at radius 3 is 2.62 bits per heavy atom. The van der Waals surface area contributed by atoms with Crippen LogP contribution in [0.2, 0.25) is 0 Å². The van der Waals surface area contributed by atoms with Crippen molar-refractivity contribution < 1.29 is 9.47 Å². The summed E-state index contributed by atoms with van der Waals surface area (Å²) < 4.78 is 11.0. The van der Waals surface area contributed by atoms with Crippen LogP contribution in [-0.2, 0) is 0 Å². The highest BCUT2D eigenvalue weighted by Gasteiger charge is 2.11. The summed E-state index contributed by atoms with van der Waals surface area (Å²) in [7, 11) is 1.68. The van der Waals surface area contributed by atoms with Crippen LogP contribution in [0, 0.1) is 0 Å². The largest absolute Gasteiger partial charge is 0.497 e. The van der Waals surface area contributed by atoms with E-state index in [-0.39, 0.29) is 0 Å². The highest BCUT2D eigenvalue weighted by Crippen LogP contribution is 2.29. The third-order valence-corrected chi connectivity index (χ3v) is 3.64. The number of hydrogen-bond acceptors (Lipinski definition) is 2. The normalized spacial score (nSPS) is 14.0. The van der Waals surface area contributed by atoms with Crippen molar-refractivity contribution in [3.63, 3.8) is 0 Å². The first-order valence-electron chi connectivity index (χ1n) is 7.01. The monoisotopic (exact) mass is 278 g/mol. The Morgan fingerprint density at radius 1 is 1.10 bits per heavy atom. The molecule has 0 aromatic heterocycles. The number of benzene rings is 2. The Bertz CT molecular complexity index is 694. The van der Waals surface area contributed by atoms with Gasteiger partial charge in [0, 0.05) is 5.56 Å². The topological polar surface area (TPSA) is 18.5 Å². The molecule has 1 heterocycles. The maximum Gasteiger partial charge on any atom is 0.127 e. The Balaban J connectivity index is 1.86. The maximum atomic E-state index is 5.80. The quantitative estimate of drug-likeness (QED) is 0.818. The van der Waals surface area contributed by atoms with Crippen LogP contribution in [0.3, 0.4) is 0 Å². The SMILES string of the molecule is COc1ccc(/C=C(\C)C2=Cc3ccccc3OC2)cc1. The molecule has 21 heavy (non-hydrogen) atoms. The van der Waals surface area contributed by atoms with Crippen molar-refractivity contribution in [2.24, 2.45) is 0 Å². The average Bonchev–Trinajstić information content (AvgIpc) is 2.55. The zero-order chi connectivity index (χ0) is 14.7. The highest BCUT2D eigenvalue weighted by atomic mass is 16.5. The molecule has 0 spiro atoms. The summed E-state index contributed by atoms with van der Waals surface area (Å²) in [5, 5.41) is 0. The lowest BCUT2D eigenvalue weighted by Crippen LogP contribution is -2.07. The molecule has 1 aliphatic rings. The minimum Gasteiger partial charge on any atom is -0.497 e. The fourth-order valence-corrected chi connectivity index (χ4v) is 2.39. The zero-order valence-electron chi connectivity index (χ0n) is 12.3. The average molecular weight is 278 g/mol. The van der Waals surface area contributed by atoms with E-state index in [9.17, 15) is 0 Å². The summed E-state index contributed by atoms with van der Waals surface area (Å²) in [5.74, 6) is 1.83. The third-order valence-electron chi connectivity index (χ3n) is 3.64. The lowest BCUT2D eigenvalue weighted by molar-refractivity contribution is 0.349. The third kappa shape index (κ3) is 3.00. The lowest BCUT2D eigenvalue weighted by Gasteiger charge is -2.18. The molecule has 0 fully saturated rings. The molecule has 0 aliphatic carbocycles. The van der Waals surface area contributed by atoms with Gasteiger partial charge in [0.1, 0.15) is 18.1 Å². The lowest BCUT2D eigenvalue weighted by atomic mass is 10.00. The van der Waals surface area contributed by atoms with Gasteiger partial charge in [-0.1, -0.05) is 36.4 Å². The van der Waals surface area contributed by atoms with E-state index >= 15 is 0 Å². The van der Waals surface area contributed by atoms with Gasteiger partial charge in [0.2, 0.25) is 0 Å². The molecule has 106 valence electrons. The minimum atomic E-state index is 0.621. The molecule has 0 atom stereocenters. The standard InChI is InChI=1S/C19H18O2/c1-14(11-15-7-9-18(20-2)10-8-15)17-12-16-5-3-4-6-19(16)21-13-17/h3-12H,13H2,1-2H3/b14-11+. The minimum absolute atomic E-state index is 0.621. The Hall–Kier alpha value is -2.48. The van der Waals surface area contributed by atoms with Crippen molar-refractivity contribution in [3.8, 4) is 11.5 Å². The van der Waals surface area contributed by atoms with Crippen molar-refractivity contribution in [2.45, 2.75) is 6.92 Å². The van der Waals surface area contributed by atoms with Crippen molar-refractivity contribution in [3.05, 3.63) is 70.8 Å². The van der Waals surface area contributed by atoms with E-state index in [0.717, 1.165) is 22.6 Å². The number of rotatable bonds is 3. The van der Waals surface area contributed by atoms with E-state index in [1.54, 1.807) is 7.11 Å². The van der Waals surface area contributed by atoms with E-state index in [0.29, 0.717) is 6.61 Å². The van der Waals surface area contributed by atoms with Gasteiger partial charge in [-0.25, -0.2) is 0 Å². The predicted molar refractivity (Wildman–Crippen MR) is 86.6 cm³/mol. The first-order chi connectivity index (χ1) is 10.3. The maximum absolute atomic E-state index is 5.80. The molecular formula is C19H18O2. The molecule has 0 saturated carbocycles. The predicted octanol–water partition coefficient (Wildman–Crippen LogP) is 4.57. The molecule has 0 bridgehead atoms. The molecule has 2 heteroatoms. The molecule has 0 N–H and O–H groups in total. The van der Waals surface area contributed by atoms with Gasteiger partial charge in [-0.3, -0.25) is 0 Å². The molecule has 2 aromatic rings. The van der Waals surface area contributed by atoms with Gasteiger partial charge in [0.15, 0.2) is 0 Å². The van der Waals surface area contributed by atoms with Crippen LogP contribution in [0.4, 0.5) is 0 Å². The van der Waals surface area contributed by atoms with Crippen LogP contribution in [0.25, 0.3) is 12.2 Å². The molecule has 0 amide bonds. The van der Waals surface area contributed by atoms with E-state index in [2.05, 4.69) is 37.3 Å². The van der Waals surface area contributed by atoms with E-state index in [1.807, 2.05) is 30.3 Å². The molecule has 3 rings (SSSR count). The summed E-state index contributed by atoms with van der Waals surface area (Å²) >= 11 is 0. The van der Waals surface area contributed by atoms with Gasteiger partial charge >= 0.3 is 0 Å². The highest BCUT2D eigenvalue weighted by molar-refractivity contribution is 5.70. The second kappa shape index (κ2) is 5.88. The molecule has 2 aromatic carbocycles. The van der Waals surface area contributed by atoms with E-state index in [4.69, 9.17) is 9.47 Å². The zero-order valence-corrected chi connectivity index (χ0v) is 12.3. The van der Waals surface area contributed by atoms with Crippen molar-refractivity contribution >= 4 is 12.2 Å². The Kier molecular flexibility index (Phi) is 3.78. The van der Waals surface area contributed by atoms with Crippen molar-refractivity contribution in [2.75, 3.05) is 13.7 Å². The van der Waals surface area contributed by atoms with Crippen LogP contribution < -0.4 is 9.47 Å². The fourth-order valence-electron chi connectivity index (χ4n) is 2.39. The van der Waals surface area contributed by atoms with Crippen molar-refractivity contribution in [1.82, 2.24) is 0 Å². The molecule has 1 aliphatic heterocycles. The first kappa shape index (κ1) is 13.5. The molecule has 0 unspecified atom stereocenters. The summed E-state index contributed by atoms with van der Waals surface area (Å²) in [6, 6.07) is 16.2. The number of para-hydroxylation sites is 1. The van der Waals surface area contributed by atoms with Crippen LogP contribution in [0.5, 0.6) is 11.5 Å². The van der Waals surface area contributed by atoms with Crippen LogP contribution in [-0.4, -0.2) is 13.7 Å². The summed E-state index contributed by atoms with van der Waals surface area (Å²) in [6.07, 6.45) is 4.37. The molecule has 2 nitrogen and oxygen atoms in total. The smallest absolute Gasteiger partial charge is 0.127 e. The van der Waals surface area contributed by atoms with Gasteiger partial charge in [0.25, 0.3) is 0 Å². The number of methoxy groups -OCH3 is 1. The molecule has 0 saturated heterocycles. The van der Waals surface area contributed by atoms with Gasteiger partial charge in [-0.15, -0.1) is 0 Å². The first-order valence-corrected chi connectivity index (χ1v) is 7.01. The summed E-state index contributed by atoms with van der Waals surface area (Å²) in [6.45, 7) is 2.74. The second-order valence-electron chi connectivity index (χ2n) is 5.10. The molecule has 0 radical (unpaired) electrons. The van der Waals surface area contributed by atoms with Crippen molar-refractivity contribution in [1.29, 1.82) is 0 Å². The van der Waals surface area contributed by atoms with Crippen LogP contribution in [0.1, 0.15) is 18.1 Å².